The van der Waals surface area contributed by atoms with E-state index in [9.17, 15) is 9.59 Å². The van der Waals surface area contributed by atoms with Gasteiger partial charge >= 0.3 is 11.8 Å². The third kappa shape index (κ3) is 2.02. The van der Waals surface area contributed by atoms with E-state index in [2.05, 4.69) is 5.32 Å². The van der Waals surface area contributed by atoms with Crippen LogP contribution in [0.5, 0.6) is 0 Å². The lowest BCUT2D eigenvalue weighted by Gasteiger charge is -2.29. The van der Waals surface area contributed by atoms with E-state index in [0.29, 0.717) is 13.1 Å². The lowest BCUT2D eigenvalue weighted by molar-refractivity contribution is -0.138. The van der Waals surface area contributed by atoms with E-state index >= 15 is 0 Å². The first-order valence-electron chi connectivity index (χ1n) is 5.68. The van der Waals surface area contributed by atoms with Crippen molar-refractivity contribution in [3.63, 3.8) is 0 Å². The molecule has 4 heteroatoms. The fourth-order valence-electron chi connectivity index (χ4n) is 2.39. The van der Waals surface area contributed by atoms with E-state index in [1.807, 2.05) is 32.9 Å². The molecule has 1 aliphatic rings. The van der Waals surface area contributed by atoms with Gasteiger partial charge in [0, 0.05) is 13.1 Å². The third-order valence-electron chi connectivity index (χ3n) is 2.97. The minimum Gasteiger partial charge on any atom is -0.346 e. The fraction of sp³-hybridized carbons (Fsp3) is 0.385. The molecule has 1 heterocycles. The Kier molecular flexibility index (Phi) is 2.88. The highest BCUT2D eigenvalue weighted by molar-refractivity contribution is 6.41. The lowest BCUT2D eigenvalue weighted by atomic mass is 10.0. The van der Waals surface area contributed by atoms with Crippen molar-refractivity contribution in [2.24, 2.45) is 0 Å². The second kappa shape index (κ2) is 4.20. The molecule has 1 N–H and O–H groups in total. The summed E-state index contributed by atoms with van der Waals surface area (Å²) in [7, 11) is 0. The zero-order chi connectivity index (χ0) is 12.6. The van der Waals surface area contributed by atoms with Crippen LogP contribution in [-0.4, -0.2) is 24.9 Å². The smallest absolute Gasteiger partial charge is 0.316 e. The highest BCUT2D eigenvalue weighted by Gasteiger charge is 2.28. The van der Waals surface area contributed by atoms with Crippen molar-refractivity contribution in [2.45, 2.75) is 20.8 Å². The monoisotopic (exact) mass is 232 g/mol. The summed E-state index contributed by atoms with van der Waals surface area (Å²) in [5.41, 5.74) is 4.10. The highest BCUT2D eigenvalue weighted by Crippen LogP contribution is 2.26. The van der Waals surface area contributed by atoms with Crippen LogP contribution in [0.4, 0.5) is 5.69 Å². The van der Waals surface area contributed by atoms with E-state index in [1.54, 1.807) is 4.90 Å². The zero-order valence-electron chi connectivity index (χ0n) is 10.3. The number of piperazine rings is 1. The van der Waals surface area contributed by atoms with Crippen LogP contribution in [0.1, 0.15) is 16.7 Å². The van der Waals surface area contributed by atoms with Crippen LogP contribution >= 0.6 is 0 Å². The first kappa shape index (κ1) is 11.6. The number of rotatable bonds is 1. The highest BCUT2D eigenvalue weighted by atomic mass is 16.2. The summed E-state index contributed by atoms with van der Waals surface area (Å²) in [6.45, 7) is 7.01. The van der Waals surface area contributed by atoms with E-state index in [-0.39, 0.29) is 0 Å². The molecule has 0 atom stereocenters. The Balaban J connectivity index is 2.46. The van der Waals surface area contributed by atoms with E-state index in [0.717, 1.165) is 22.4 Å². The molecule has 0 aliphatic carbocycles. The topological polar surface area (TPSA) is 49.4 Å². The first-order chi connectivity index (χ1) is 8.00. The summed E-state index contributed by atoms with van der Waals surface area (Å²) in [4.78, 5) is 24.8. The summed E-state index contributed by atoms with van der Waals surface area (Å²) in [6, 6.07) is 4.06. The maximum atomic E-state index is 11.8. The molecule has 4 nitrogen and oxygen atoms in total. The molecule has 0 spiro atoms. The number of benzene rings is 1. The van der Waals surface area contributed by atoms with Crippen LogP contribution in [0, 0.1) is 20.8 Å². The van der Waals surface area contributed by atoms with Gasteiger partial charge in [0.15, 0.2) is 0 Å². The standard InChI is InChI=1S/C13H16N2O2/c1-8-6-9(2)11(10(3)7-8)15-5-4-14-12(16)13(15)17/h6-7H,4-5H2,1-3H3,(H,14,16). The van der Waals surface area contributed by atoms with Gasteiger partial charge in [0.25, 0.3) is 0 Å². The molecule has 1 fully saturated rings. The van der Waals surface area contributed by atoms with Gasteiger partial charge in [-0.25, -0.2) is 0 Å². The largest absolute Gasteiger partial charge is 0.346 e. The molecule has 0 bridgehead atoms. The fourth-order valence-corrected chi connectivity index (χ4v) is 2.39. The van der Waals surface area contributed by atoms with Crippen molar-refractivity contribution < 1.29 is 9.59 Å². The van der Waals surface area contributed by atoms with Gasteiger partial charge in [-0.1, -0.05) is 17.7 Å². The van der Waals surface area contributed by atoms with Gasteiger partial charge in [-0.05, 0) is 31.9 Å². The van der Waals surface area contributed by atoms with Crippen LogP contribution in [0.3, 0.4) is 0 Å². The summed E-state index contributed by atoms with van der Waals surface area (Å²) in [5, 5.41) is 2.55. The maximum Gasteiger partial charge on any atom is 0.316 e. The van der Waals surface area contributed by atoms with Gasteiger partial charge < -0.3 is 10.2 Å². The Bertz CT molecular complexity index is 471. The molecule has 1 aliphatic heterocycles. The summed E-state index contributed by atoms with van der Waals surface area (Å²) >= 11 is 0. The third-order valence-corrected chi connectivity index (χ3v) is 2.97. The molecule has 1 saturated heterocycles. The minimum absolute atomic E-state index is 0.466. The Labute approximate surface area is 101 Å². The van der Waals surface area contributed by atoms with Gasteiger partial charge in [-0.3, -0.25) is 9.59 Å². The molecule has 0 aromatic heterocycles. The molecule has 1 aromatic rings. The Morgan fingerprint density at radius 2 is 1.71 bits per heavy atom. The second-order valence-corrected chi connectivity index (χ2v) is 4.46. The van der Waals surface area contributed by atoms with E-state index in [4.69, 9.17) is 0 Å². The number of hydrogen-bond donors (Lipinski definition) is 1. The van der Waals surface area contributed by atoms with Gasteiger partial charge in [-0.15, -0.1) is 0 Å². The van der Waals surface area contributed by atoms with E-state index in [1.165, 1.54) is 0 Å². The molecule has 0 saturated carbocycles. The predicted molar refractivity (Wildman–Crippen MR) is 66.0 cm³/mol. The molecule has 90 valence electrons. The van der Waals surface area contributed by atoms with Crippen LogP contribution in [-0.2, 0) is 9.59 Å². The summed E-state index contributed by atoms with van der Waals surface area (Å²) in [6.07, 6.45) is 0. The molecule has 2 amide bonds. The average Bonchev–Trinajstić information content (AvgIpc) is 2.23. The quantitative estimate of drug-likeness (QED) is 0.736. The van der Waals surface area contributed by atoms with Crippen LogP contribution in [0.15, 0.2) is 12.1 Å². The molecule has 0 radical (unpaired) electrons. The molecular formula is C13H16N2O2. The van der Waals surface area contributed by atoms with Gasteiger partial charge in [0.1, 0.15) is 0 Å². The normalized spacial score (nSPS) is 16.1. The van der Waals surface area contributed by atoms with Crippen molar-refractivity contribution in [3.8, 4) is 0 Å². The van der Waals surface area contributed by atoms with Crippen molar-refractivity contribution in [1.82, 2.24) is 5.32 Å². The number of carbonyl (C=O) groups is 2. The van der Waals surface area contributed by atoms with Crippen molar-refractivity contribution in [2.75, 3.05) is 18.0 Å². The minimum atomic E-state index is -0.518. The lowest BCUT2D eigenvalue weighted by Crippen LogP contribution is -2.52. The van der Waals surface area contributed by atoms with Crippen molar-refractivity contribution >= 4 is 17.5 Å². The molecular weight excluding hydrogens is 216 g/mol. The van der Waals surface area contributed by atoms with Crippen LogP contribution < -0.4 is 10.2 Å². The Morgan fingerprint density at radius 3 is 2.29 bits per heavy atom. The summed E-state index contributed by atoms with van der Waals surface area (Å²) < 4.78 is 0. The maximum absolute atomic E-state index is 11.8. The van der Waals surface area contributed by atoms with Crippen molar-refractivity contribution in [1.29, 1.82) is 0 Å². The predicted octanol–water partition coefficient (Wildman–Crippen LogP) is 1.07. The first-order valence-corrected chi connectivity index (χ1v) is 5.68. The van der Waals surface area contributed by atoms with Crippen LogP contribution in [0.25, 0.3) is 0 Å². The number of hydrogen-bond acceptors (Lipinski definition) is 2. The van der Waals surface area contributed by atoms with Gasteiger partial charge in [-0.2, -0.15) is 0 Å². The molecule has 0 unspecified atom stereocenters. The van der Waals surface area contributed by atoms with Gasteiger partial charge in [0.2, 0.25) is 0 Å². The average molecular weight is 232 g/mol. The number of nitrogens with one attached hydrogen (secondary N) is 1. The van der Waals surface area contributed by atoms with Crippen molar-refractivity contribution in [3.05, 3.63) is 28.8 Å². The molecule has 2 rings (SSSR count). The number of carbonyl (C=O) groups excluding carboxylic acids is 2. The number of aryl methyl sites for hydroxylation is 3. The van der Waals surface area contributed by atoms with E-state index < -0.39 is 11.8 Å². The summed E-state index contributed by atoms with van der Waals surface area (Å²) in [5.74, 6) is -0.984. The number of nitrogens with zero attached hydrogens (tertiary/aromatic N) is 1. The SMILES string of the molecule is Cc1cc(C)c(N2CCNC(=O)C2=O)c(C)c1. The Morgan fingerprint density at radius 1 is 1.12 bits per heavy atom. The van der Waals surface area contributed by atoms with Gasteiger partial charge in [0.05, 0.1) is 5.69 Å². The molecule has 1 aromatic carbocycles. The Hall–Kier alpha value is -1.84. The van der Waals surface area contributed by atoms with Crippen LogP contribution in [0.2, 0.25) is 0 Å². The second-order valence-electron chi connectivity index (χ2n) is 4.46. The number of anilines is 1. The number of amides is 2. The zero-order valence-corrected chi connectivity index (χ0v) is 10.3. The molecule has 17 heavy (non-hydrogen) atoms.